The second kappa shape index (κ2) is 5.44. The number of nitrogens with one attached hydrogen (secondary N) is 2. The molecule has 1 aromatic carbocycles. The van der Waals surface area contributed by atoms with Crippen LogP contribution < -0.4 is 10.6 Å². The van der Waals surface area contributed by atoms with Crippen molar-refractivity contribution in [2.24, 2.45) is 0 Å². The highest BCUT2D eigenvalue weighted by Crippen LogP contribution is 2.20. The molecule has 5 heteroatoms. The summed E-state index contributed by atoms with van der Waals surface area (Å²) in [5.74, 6) is -1.74. The van der Waals surface area contributed by atoms with Crippen molar-refractivity contribution in [1.29, 1.82) is 0 Å². The van der Waals surface area contributed by atoms with E-state index >= 15 is 0 Å². The standard InChI is InChI=1S/C13H13F2N3/c1-2-17-10-5-11(8-16-7-10)18-9-3-4-12(14)13(15)6-9/h3-8,17-18H,2H2,1H3. The fourth-order valence-corrected chi connectivity index (χ4v) is 1.55. The highest BCUT2D eigenvalue weighted by atomic mass is 19.2. The van der Waals surface area contributed by atoms with Gasteiger partial charge in [-0.1, -0.05) is 0 Å². The minimum absolute atomic E-state index is 0.476. The second-order valence-corrected chi connectivity index (χ2v) is 3.75. The van der Waals surface area contributed by atoms with Crippen LogP contribution in [0.4, 0.5) is 25.8 Å². The lowest BCUT2D eigenvalue weighted by atomic mass is 10.3. The van der Waals surface area contributed by atoms with Gasteiger partial charge in [0.05, 0.1) is 23.8 Å². The molecule has 0 radical (unpaired) electrons. The summed E-state index contributed by atoms with van der Waals surface area (Å²) in [6.07, 6.45) is 3.31. The van der Waals surface area contributed by atoms with Crippen molar-refractivity contribution in [1.82, 2.24) is 4.98 Å². The van der Waals surface area contributed by atoms with Crippen LogP contribution in [0.5, 0.6) is 0 Å². The van der Waals surface area contributed by atoms with Crippen LogP contribution in [0.25, 0.3) is 0 Å². The maximum atomic E-state index is 13.0. The Hall–Kier alpha value is -2.17. The normalized spacial score (nSPS) is 10.2. The molecule has 2 rings (SSSR count). The molecule has 0 aliphatic carbocycles. The molecule has 0 fully saturated rings. The SMILES string of the molecule is CCNc1cncc(Nc2ccc(F)c(F)c2)c1. The monoisotopic (exact) mass is 249 g/mol. The molecule has 18 heavy (non-hydrogen) atoms. The van der Waals surface area contributed by atoms with Crippen LogP contribution in [-0.4, -0.2) is 11.5 Å². The van der Waals surface area contributed by atoms with Crippen LogP contribution in [0, 0.1) is 11.6 Å². The van der Waals surface area contributed by atoms with Gasteiger partial charge in [0.1, 0.15) is 0 Å². The minimum Gasteiger partial charge on any atom is -0.384 e. The second-order valence-electron chi connectivity index (χ2n) is 3.75. The molecule has 0 amide bonds. The Kier molecular flexibility index (Phi) is 3.72. The van der Waals surface area contributed by atoms with Crippen LogP contribution in [0.2, 0.25) is 0 Å². The summed E-state index contributed by atoms with van der Waals surface area (Å²) in [6, 6.07) is 5.50. The number of aromatic nitrogens is 1. The van der Waals surface area contributed by atoms with E-state index in [1.165, 1.54) is 6.07 Å². The summed E-state index contributed by atoms with van der Waals surface area (Å²) in [4.78, 5) is 4.05. The Morgan fingerprint density at radius 1 is 1.00 bits per heavy atom. The topological polar surface area (TPSA) is 37.0 Å². The summed E-state index contributed by atoms with van der Waals surface area (Å²) < 4.78 is 25.8. The quantitative estimate of drug-likeness (QED) is 0.870. The first-order chi connectivity index (χ1) is 8.69. The molecule has 94 valence electrons. The fourth-order valence-electron chi connectivity index (χ4n) is 1.55. The van der Waals surface area contributed by atoms with Crippen molar-refractivity contribution in [2.75, 3.05) is 17.2 Å². The summed E-state index contributed by atoms with van der Waals surface area (Å²) in [6.45, 7) is 2.77. The molecule has 0 bridgehead atoms. The number of hydrogen-bond acceptors (Lipinski definition) is 3. The van der Waals surface area contributed by atoms with Crippen molar-refractivity contribution in [3.63, 3.8) is 0 Å². The Balaban J connectivity index is 2.17. The van der Waals surface area contributed by atoms with E-state index in [1.807, 2.05) is 13.0 Å². The number of pyridine rings is 1. The Morgan fingerprint density at radius 2 is 1.78 bits per heavy atom. The average molecular weight is 249 g/mol. The predicted octanol–water partition coefficient (Wildman–Crippen LogP) is 3.54. The third-order valence-electron chi connectivity index (χ3n) is 2.33. The molecule has 2 aromatic rings. The summed E-state index contributed by atoms with van der Waals surface area (Å²) in [7, 11) is 0. The summed E-state index contributed by atoms with van der Waals surface area (Å²) in [5, 5.41) is 6.08. The molecule has 0 spiro atoms. The van der Waals surface area contributed by atoms with Crippen LogP contribution in [-0.2, 0) is 0 Å². The number of rotatable bonds is 4. The lowest BCUT2D eigenvalue weighted by molar-refractivity contribution is 0.509. The van der Waals surface area contributed by atoms with Crippen LogP contribution in [0.15, 0.2) is 36.7 Å². The van der Waals surface area contributed by atoms with Crippen LogP contribution in [0.3, 0.4) is 0 Å². The highest BCUT2D eigenvalue weighted by molar-refractivity contribution is 5.62. The Labute approximate surface area is 104 Å². The zero-order valence-corrected chi connectivity index (χ0v) is 9.87. The van der Waals surface area contributed by atoms with Gasteiger partial charge in [0.2, 0.25) is 0 Å². The average Bonchev–Trinajstić information content (AvgIpc) is 2.35. The zero-order chi connectivity index (χ0) is 13.0. The molecular formula is C13H13F2N3. The van der Waals surface area contributed by atoms with Gasteiger partial charge < -0.3 is 10.6 Å². The first kappa shape index (κ1) is 12.3. The predicted molar refractivity (Wildman–Crippen MR) is 68.0 cm³/mol. The van der Waals surface area contributed by atoms with E-state index in [4.69, 9.17) is 0 Å². The van der Waals surface area contributed by atoms with Crippen molar-refractivity contribution in [2.45, 2.75) is 6.92 Å². The number of benzene rings is 1. The number of hydrogen-bond donors (Lipinski definition) is 2. The smallest absolute Gasteiger partial charge is 0.160 e. The molecule has 3 nitrogen and oxygen atoms in total. The van der Waals surface area contributed by atoms with E-state index in [1.54, 1.807) is 12.4 Å². The van der Waals surface area contributed by atoms with Crippen LogP contribution in [0.1, 0.15) is 6.92 Å². The maximum Gasteiger partial charge on any atom is 0.160 e. The zero-order valence-electron chi connectivity index (χ0n) is 9.87. The van der Waals surface area contributed by atoms with Gasteiger partial charge in [-0.25, -0.2) is 8.78 Å². The molecule has 2 N–H and O–H groups in total. The van der Waals surface area contributed by atoms with E-state index in [2.05, 4.69) is 15.6 Å². The van der Waals surface area contributed by atoms with Crippen LogP contribution >= 0.6 is 0 Å². The number of halogens is 2. The van der Waals surface area contributed by atoms with Gasteiger partial charge in [-0.15, -0.1) is 0 Å². The van der Waals surface area contributed by atoms with Crippen molar-refractivity contribution in [3.05, 3.63) is 48.3 Å². The molecule has 1 heterocycles. The van der Waals surface area contributed by atoms with E-state index in [0.717, 1.165) is 24.4 Å². The molecule has 1 aromatic heterocycles. The van der Waals surface area contributed by atoms with Crippen molar-refractivity contribution < 1.29 is 8.78 Å². The molecule has 0 aliphatic rings. The number of nitrogens with zero attached hydrogens (tertiary/aromatic N) is 1. The maximum absolute atomic E-state index is 13.0. The minimum atomic E-state index is -0.879. The Morgan fingerprint density at radius 3 is 2.50 bits per heavy atom. The van der Waals surface area contributed by atoms with Gasteiger partial charge in [-0.2, -0.15) is 0 Å². The van der Waals surface area contributed by atoms with Gasteiger partial charge in [0.25, 0.3) is 0 Å². The fraction of sp³-hybridized carbons (Fsp3) is 0.154. The summed E-state index contributed by atoms with van der Waals surface area (Å²) >= 11 is 0. The molecule has 0 saturated heterocycles. The lowest BCUT2D eigenvalue weighted by Crippen LogP contribution is -1.99. The van der Waals surface area contributed by atoms with Crippen molar-refractivity contribution >= 4 is 17.1 Å². The molecule has 0 aliphatic heterocycles. The molecule has 0 unspecified atom stereocenters. The van der Waals surface area contributed by atoms with Gasteiger partial charge in [0, 0.05) is 18.3 Å². The first-order valence-electron chi connectivity index (χ1n) is 5.60. The largest absolute Gasteiger partial charge is 0.384 e. The van der Waals surface area contributed by atoms with E-state index in [-0.39, 0.29) is 0 Å². The van der Waals surface area contributed by atoms with E-state index in [9.17, 15) is 8.78 Å². The molecular weight excluding hydrogens is 236 g/mol. The van der Waals surface area contributed by atoms with Gasteiger partial charge >= 0.3 is 0 Å². The van der Waals surface area contributed by atoms with Gasteiger partial charge in [-0.05, 0) is 25.1 Å². The molecule has 0 atom stereocenters. The van der Waals surface area contributed by atoms with Gasteiger partial charge in [-0.3, -0.25) is 4.98 Å². The third kappa shape index (κ3) is 2.94. The Bertz CT molecular complexity index is 544. The summed E-state index contributed by atoms with van der Waals surface area (Å²) in [5.41, 5.74) is 2.05. The van der Waals surface area contributed by atoms with Gasteiger partial charge in [0.15, 0.2) is 11.6 Å². The highest BCUT2D eigenvalue weighted by Gasteiger charge is 2.03. The van der Waals surface area contributed by atoms with E-state index in [0.29, 0.717) is 11.4 Å². The third-order valence-corrected chi connectivity index (χ3v) is 2.33. The lowest BCUT2D eigenvalue weighted by Gasteiger charge is -2.08. The van der Waals surface area contributed by atoms with E-state index < -0.39 is 11.6 Å². The number of anilines is 3. The first-order valence-corrected chi connectivity index (χ1v) is 5.60. The molecule has 0 saturated carbocycles. The van der Waals surface area contributed by atoms with Crippen molar-refractivity contribution in [3.8, 4) is 0 Å².